The molecule has 0 bridgehead atoms. The van der Waals surface area contributed by atoms with Gasteiger partial charge in [-0.05, 0) is 31.4 Å². The molecule has 1 unspecified atom stereocenters. The Morgan fingerprint density at radius 3 is 2.14 bits per heavy atom. The van der Waals surface area contributed by atoms with Crippen molar-refractivity contribution in [2.45, 2.75) is 39.8 Å². The van der Waals surface area contributed by atoms with E-state index in [-0.39, 0.29) is 11.8 Å². The number of nitrogens with one attached hydrogen (secondary N) is 1. The van der Waals surface area contributed by atoms with Gasteiger partial charge in [-0.3, -0.25) is 4.79 Å². The van der Waals surface area contributed by atoms with Crippen LogP contribution in [-0.4, -0.2) is 11.8 Å². The zero-order valence-corrected chi connectivity index (χ0v) is 13.0. The van der Waals surface area contributed by atoms with E-state index in [2.05, 4.69) is 43.4 Å². The van der Waals surface area contributed by atoms with E-state index in [0.29, 0.717) is 6.54 Å². The topological polar surface area (TPSA) is 29.1 Å². The average Bonchev–Trinajstić information content (AvgIpc) is 2.53. The molecule has 0 saturated carbocycles. The highest BCUT2D eigenvalue weighted by Crippen LogP contribution is 2.09. The minimum atomic E-state index is -0.182. The van der Waals surface area contributed by atoms with E-state index in [4.69, 9.17) is 0 Å². The average molecular weight is 281 g/mol. The first-order chi connectivity index (χ1) is 10.1. The highest BCUT2D eigenvalue weighted by molar-refractivity contribution is 5.99. The number of ketones is 1. The first-order valence-corrected chi connectivity index (χ1v) is 7.52. The van der Waals surface area contributed by atoms with E-state index >= 15 is 0 Å². The molecule has 0 amide bonds. The quantitative estimate of drug-likeness (QED) is 0.813. The third-order valence-corrected chi connectivity index (χ3v) is 3.77. The van der Waals surface area contributed by atoms with Gasteiger partial charge in [0.05, 0.1) is 6.04 Å². The SMILES string of the molecule is CCc1ccc(C(=O)C(C)NCc2ccc(C)cc2)cc1. The van der Waals surface area contributed by atoms with Gasteiger partial charge in [-0.1, -0.05) is 61.0 Å². The molecule has 0 spiro atoms. The molecule has 0 aliphatic carbocycles. The summed E-state index contributed by atoms with van der Waals surface area (Å²) in [6, 6.07) is 16.1. The smallest absolute Gasteiger partial charge is 0.179 e. The van der Waals surface area contributed by atoms with Crippen LogP contribution in [0, 0.1) is 6.92 Å². The number of rotatable bonds is 6. The van der Waals surface area contributed by atoms with Crippen LogP contribution in [0.5, 0.6) is 0 Å². The molecule has 0 aliphatic heterocycles. The van der Waals surface area contributed by atoms with E-state index in [0.717, 1.165) is 12.0 Å². The van der Waals surface area contributed by atoms with Crippen LogP contribution < -0.4 is 5.32 Å². The summed E-state index contributed by atoms with van der Waals surface area (Å²) < 4.78 is 0. The number of carbonyl (C=O) groups excluding carboxylic acids is 1. The second kappa shape index (κ2) is 7.19. The minimum absolute atomic E-state index is 0.143. The van der Waals surface area contributed by atoms with Crippen molar-refractivity contribution in [3.05, 3.63) is 70.8 Å². The fourth-order valence-electron chi connectivity index (χ4n) is 2.22. The van der Waals surface area contributed by atoms with Crippen molar-refractivity contribution in [2.75, 3.05) is 0 Å². The van der Waals surface area contributed by atoms with Crippen LogP contribution >= 0.6 is 0 Å². The fourth-order valence-corrected chi connectivity index (χ4v) is 2.22. The maximum atomic E-state index is 12.4. The van der Waals surface area contributed by atoms with Crippen LogP contribution in [0.4, 0.5) is 0 Å². The van der Waals surface area contributed by atoms with Crippen molar-refractivity contribution in [2.24, 2.45) is 0 Å². The molecule has 2 aromatic rings. The predicted octanol–water partition coefficient (Wildman–Crippen LogP) is 3.92. The van der Waals surface area contributed by atoms with Crippen molar-refractivity contribution in [1.29, 1.82) is 0 Å². The molecule has 2 rings (SSSR count). The summed E-state index contributed by atoms with van der Waals surface area (Å²) in [7, 11) is 0. The van der Waals surface area contributed by atoms with Crippen molar-refractivity contribution in [3.63, 3.8) is 0 Å². The standard InChI is InChI=1S/C19H23NO/c1-4-16-9-11-18(12-10-16)19(21)15(3)20-13-17-7-5-14(2)6-8-17/h5-12,15,20H,4,13H2,1-3H3. The van der Waals surface area contributed by atoms with Crippen LogP contribution in [0.15, 0.2) is 48.5 Å². The number of hydrogen-bond donors (Lipinski definition) is 1. The number of carbonyl (C=O) groups is 1. The van der Waals surface area contributed by atoms with Crippen LogP contribution in [-0.2, 0) is 13.0 Å². The summed E-state index contributed by atoms with van der Waals surface area (Å²) in [6.07, 6.45) is 0.996. The molecule has 0 saturated heterocycles. The Morgan fingerprint density at radius 2 is 1.57 bits per heavy atom. The third-order valence-electron chi connectivity index (χ3n) is 3.77. The zero-order chi connectivity index (χ0) is 15.2. The third kappa shape index (κ3) is 4.27. The molecule has 1 N–H and O–H groups in total. The Labute approximate surface area is 127 Å². The summed E-state index contributed by atoms with van der Waals surface area (Å²) in [6.45, 7) is 6.82. The van der Waals surface area contributed by atoms with Gasteiger partial charge in [-0.25, -0.2) is 0 Å². The largest absolute Gasteiger partial charge is 0.303 e. The van der Waals surface area contributed by atoms with Crippen molar-refractivity contribution >= 4 is 5.78 Å². The van der Waals surface area contributed by atoms with Crippen LogP contribution in [0.2, 0.25) is 0 Å². The van der Waals surface area contributed by atoms with Gasteiger partial charge in [-0.2, -0.15) is 0 Å². The van der Waals surface area contributed by atoms with Crippen LogP contribution in [0.25, 0.3) is 0 Å². The second-order valence-corrected chi connectivity index (χ2v) is 5.50. The Morgan fingerprint density at radius 1 is 1.00 bits per heavy atom. The molecule has 0 aromatic heterocycles. The lowest BCUT2D eigenvalue weighted by atomic mass is 10.0. The maximum absolute atomic E-state index is 12.4. The van der Waals surface area contributed by atoms with E-state index in [1.807, 2.05) is 31.2 Å². The van der Waals surface area contributed by atoms with Gasteiger partial charge < -0.3 is 5.32 Å². The molecule has 21 heavy (non-hydrogen) atoms. The molecular weight excluding hydrogens is 258 g/mol. The lowest BCUT2D eigenvalue weighted by Gasteiger charge is -2.13. The first-order valence-electron chi connectivity index (χ1n) is 7.52. The molecule has 0 aliphatic rings. The zero-order valence-electron chi connectivity index (χ0n) is 13.0. The van der Waals surface area contributed by atoms with E-state index < -0.39 is 0 Å². The van der Waals surface area contributed by atoms with Crippen LogP contribution in [0.1, 0.15) is 40.9 Å². The second-order valence-electron chi connectivity index (χ2n) is 5.50. The minimum Gasteiger partial charge on any atom is -0.303 e. The monoisotopic (exact) mass is 281 g/mol. The molecule has 2 heteroatoms. The van der Waals surface area contributed by atoms with Gasteiger partial charge in [0.2, 0.25) is 0 Å². The molecule has 0 radical (unpaired) electrons. The highest BCUT2D eigenvalue weighted by atomic mass is 16.1. The molecule has 110 valence electrons. The first kappa shape index (κ1) is 15.5. The summed E-state index contributed by atoms with van der Waals surface area (Å²) in [4.78, 5) is 12.4. The van der Waals surface area contributed by atoms with E-state index in [9.17, 15) is 4.79 Å². The summed E-state index contributed by atoms with van der Waals surface area (Å²) in [5.41, 5.74) is 4.48. The summed E-state index contributed by atoms with van der Waals surface area (Å²) >= 11 is 0. The number of benzene rings is 2. The van der Waals surface area contributed by atoms with Crippen molar-refractivity contribution in [3.8, 4) is 0 Å². The Balaban J connectivity index is 1.93. The molecule has 2 nitrogen and oxygen atoms in total. The van der Waals surface area contributed by atoms with E-state index in [1.165, 1.54) is 16.7 Å². The summed E-state index contributed by atoms with van der Waals surface area (Å²) in [5, 5.41) is 3.30. The predicted molar refractivity (Wildman–Crippen MR) is 87.6 cm³/mol. The van der Waals surface area contributed by atoms with E-state index in [1.54, 1.807) is 0 Å². The number of Topliss-reactive ketones (excluding diaryl/α,β-unsaturated/α-hetero) is 1. The van der Waals surface area contributed by atoms with Gasteiger partial charge in [0, 0.05) is 12.1 Å². The van der Waals surface area contributed by atoms with Gasteiger partial charge >= 0.3 is 0 Å². The number of hydrogen-bond acceptors (Lipinski definition) is 2. The fraction of sp³-hybridized carbons (Fsp3) is 0.316. The van der Waals surface area contributed by atoms with Crippen molar-refractivity contribution in [1.82, 2.24) is 5.32 Å². The summed E-state index contributed by atoms with van der Waals surface area (Å²) in [5.74, 6) is 0.143. The molecule has 0 fully saturated rings. The Bertz CT molecular complexity index is 584. The lowest BCUT2D eigenvalue weighted by molar-refractivity contribution is 0.0950. The van der Waals surface area contributed by atoms with Gasteiger partial charge in [0.15, 0.2) is 5.78 Å². The molecular formula is C19H23NO. The van der Waals surface area contributed by atoms with Gasteiger partial charge in [-0.15, -0.1) is 0 Å². The van der Waals surface area contributed by atoms with Crippen molar-refractivity contribution < 1.29 is 4.79 Å². The van der Waals surface area contributed by atoms with Gasteiger partial charge in [0.1, 0.15) is 0 Å². The van der Waals surface area contributed by atoms with Gasteiger partial charge in [0.25, 0.3) is 0 Å². The lowest BCUT2D eigenvalue weighted by Crippen LogP contribution is -2.33. The van der Waals surface area contributed by atoms with Crippen LogP contribution in [0.3, 0.4) is 0 Å². The highest BCUT2D eigenvalue weighted by Gasteiger charge is 2.14. The molecule has 0 heterocycles. The Hall–Kier alpha value is -1.93. The number of aryl methyl sites for hydroxylation is 2. The maximum Gasteiger partial charge on any atom is 0.179 e. The normalized spacial score (nSPS) is 12.1. The Kier molecular flexibility index (Phi) is 5.29. The molecule has 1 atom stereocenters. The molecule has 2 aromatic carbocycles.